The van der Waals surface area contributed by atoms with Crippen molar-refractivity contribution in [2.75, 3.05) is 10.6 Å². The number of sulfonamides is 1. The quantitative estimate of drug-likeness (QED) is 0.775. The summed E-state index contributed by atoms with van der Waals surface area (Å²) in [6, 6.07) is 8.73. The van der Waals surface area contributed by atoms with Crippen molar-refractivity contribution < 1.29 is 17.6 Å². The third-order valence-electron chi connectivity index (χ3n) is 3.71. The number of amides is 1. The molecular formula is C16H16FN3O3S. The Hall–Kier alpha value is -2.45. The highest BCUT2D eigenvalue weighted by Gasteiger charge is 2.33. The van der Waals surface area contributed by atoms with Crippen LogP contribution in [0.25, 0.3) is 0 Å². The summed E-state index contributed by atoms with van der Waals surface area (Å²) in [6.07, 6.45) is -1.23. The van der Waals surface area contributed by atoms with Crippen LogP contribution in [0.2, 0.25) is 0 Å². The van der Waals surface area contributed by atoms with Gasteiger partial charge in [-0.05, 0) is 43.7 Å². The number of halogens is 1. The second kappa shape index (κ2) is 5.88. The van der Waals surface area contributed by atoms with Crippen LogP contribution in [0.3, 0.4) is 0 Å². The van der Waals surface area contributed by atoms with E-state index in [-0.39, 0.29) is 10.6 Å². The van der Waals surface area contributed by atoms with Gasteiger partial charge in [-0.2, -0.15) is 4.72 Å². The molecule has 0 saturated carbocycles. The van der Waals surface area contributed by atoms with Gasteiger partial charge in [-0.1, -0.05) is 17.7 Å². The number of carbonyl (C=O) groups is 1. The number of aryl methyl sites for hydroxylation is 2. The minimum absolute atomic E-state index is 0.0505. The standard InChI is InChI=1S/C16H16FN3O3S/c1-9-3-5-12(10(2)7-9)19-16(21)15-18-13-8-11(17)4-6-14(13)24(22,23)20-15/h3-8,15,18,20H,1-2H3,(H,19,21)/t15-/m0/s1. The summed E-state index contributed by atoms with van der Waals surface area (Å²) in [5.41, 5.74) is 2.53. The molecule has 1 atom stereocenters. The van der Waals surface area contributed by atoms with E-state index in [1.807, 2.05) is 26.0 Å². The molecule has 1 aliphatic rings. The van der Waals surface area contributed by atoms with E-state index in [9.17, 15) is 17.6 Å². The largest absolute Gasteiger partial charge is 0.360 e. The average Bonchev–Trinajstić information content (AvgIpc) is 2.48. The zero-order valence-corrected chi connectivity index (χ0v) is 13.9. The van der Waals surface area contributed by atoms with Gasteiger partial charge < -0.3 is 10.6 Å². The van der Waals surface area contributed by atoms with E-state index in [1.165, 1.54) is 0 Å². The molecule has 1 amide bonds. The fraction of sp³-hybridized carbons (Fsp3) is 0.188. The zero-order valence-electron chi connectivity index (χ0n) is 13.1. The second-order valence-electron chi connectivity index (χ2n) is 5.65. The molecule has 2 aromatic carbocycles. The summed E-state index contributed by atoms with van der Waals surface area (Å²) in [5, 5.41) is 5.37. The van der Waals surface area contributed by atoms with Crippen molar-refractivity contribution in [2.45, 2.75) is 24.9 Å². The second-order valence-corrected chi connectivity index (χ2v) is 7.33. The lowest BCUT2D eigenvalue weighted by Gasteiger charge is -2.27. The number of hydrogen-bond acceptors (Lipinski definition) is 4. The zero-order chi connectivity index (χ0) is 17.5. The van der Waals surface area contributed by atoms with Crippen molar-refractivity contribution in [2.24, 2.45) is 0 Å². The highest BCUT2D eigenvalue weighted by atomic mass is 32.2. The maximum atomic E-state index is 13.4. The fourth-order valence-electron chi connectivity index (χ4n) is 2.53. The lowest BCUT2D eigenvalue weighted by Crippen LogP contribution is -2.51. The summed E-state index contributed by atoms with van der Waals surface area (Å²) in [7, 11) is -3.90. The molecule has 0 aromatic heterocycles. The molecule has 3 N–H and O–H groups in total. The van der Waals surface area contributed by atoms with E-state index in [1.54, 1.807) is 6.07 Å². The van der Waals surface area contributed by atoms with Crippen molar-refractivity contribution in [1.29, 1.82) is 0 Å². The topological polar surface area (TPSA) is 87.3 Å². The summed E-state index contributed by atoms with van der Waals surface area (Å²) in [6.45, 7) is 3.77. The number of hydrogen-bond donors (Lipinski definition) is 3. The Morgan fingerprint density at radius 1 is 1.17 bits per heavy atom. The average molecular weight is 349 g/mol. The van der Waals surface area contributed by atoms with Crippen LogP contribution in [0.1, 0.15) is 11.1 Å². The van der Waals surface area contributed by atoms with Gasteiger partial charge in [0.25, 0.3) is 5.91 Å². The summed E-state index contributed by atoms with van der Waals surface area (Å²) >= 11 is 0. The Labute approximate surface area is 139 Å². The Bertz CT molecular complexity index is 928. The number of anilines is 2. The van der Waals surface area contributed by atoms with Crippen LogP contribution in [-0.2, 0) is 14.8 Å². The van der Waals surface area contributed by atoms with E-state index in [4.69, 9.17) is 0 Å². The van der Waals surface area contributed by atoms with Crippen molar-refractivity contribution in [1.82, 2.24) is 4.72 Å². The van der Waals surface area contributed by atoms with Crippen molar-refractivity contribution in [3.8, 4) is 0 Å². The number of carbonyl (C=O) groups excluding carboxylic acids is 1. The minimum Gasteiger partial charge on any atom is -0.360 e. The SMILES string of the molecule is Cc1ccc(NC(=O)[C@H]2Nc3cc(F)ccc3S(=O)(=O)N2)c(C)c1. The molecule has 2 aromatic rings. The lowest BCUT2D eigenvalue weighted by atomic mass is 10.1. The first-order valence-corrected chi connectivity index (χ1v) is 8.71. The van der Waals surface area contributed by atoms with E-state index < -0.39 is 27.9 Å². The van der Waals surface area contributed by atoms with Crippen molar-refractivity contribution >= 4 is 27.3 Å². The maximum absolute atomic E-state index is 13.4. The predicted molar refractivity (Wildman–Crippen MR) is 88.7 cm³/mol. The predicted octanol–water partition coefficient (Wildman–Crippen LogP) is 2.11. The first-order chi connectivity index (χ1) is 11.3. The molecule has 0 radical (unpaired) electrons. The summed E-state index contributed by atoms with van der Waals surface area (Å²) in [5.74, 6) is -1.17. The summed E-state index contributed by atoms with van der Waals surface area (Å²) < 4.78 is 40.0. The molecule has 126 valence electrons. The van der Waals surface area contributed by atoms with Gasteiger partial charge in [0.1, 0.15) is 10.7 Å². The molecule has 0 bridgehead atoms. The molecular weight excluding hydrogens is 333 g/mol. The Morgan fingerprint density at radius 3 is 2.62 bits per heavy atom. The molecule has 24 heavy (non-hydrogen) atoms. The van der Waals surface area contributed by atoms with Crippen LogP contribution in [-0.4, -0.2) is 20.5 Å². The lowest BCUT2D eigenvalue weighted by molar-refractivity contribution is -0.117. The normalized spacial score (nSPS) is 18.4. The van der Waals surface area contributed by atoms with E-state index in [2.05, 4.69) is 15.4 Å². The molecule has 1 aliphatic heterocycles. The first-order valence-electron chi connectivity index (χ1n) is 7.23. The van der Waals surface area contributed by atoms with Gasteiger partial charge in [-0.15, -0.1) is 0 Å². The number of fused-ring (bicyclic) bond motifs is 1. The highest BCUT2D eigenvalue weighted by Crippen LogP contribution is 2.27. The first kappa shape index (κ1) is 16.4. The molecule has 0 spiro atoms. The third-order valence-corrected chi connectivity index (χ3v) is 5.19. The van der Waals surface area contributed by atoms with Crippen LogP contribution >= 0.6 is 0 Å². The maximum Gasteiger partial charge on any atom is 0.262 e. The van der Waals surface area contributed by atoms with Crippen LogP contribution in [0.15, 0.2) is 41.3 Å². The molecule has 0 saturated heterocycles. The van der Waals surface area contributed by atoms with Gasteiger partial charge >= 0.3 is 0 Å². The van der Waals surface area contributed by atoms with E-state index in [0.29, 0.717) is 5.69 Å². The molecule has 0 fully saturated rings. The Kier molecular flexibility index (Phi) is 4.02. The van der Waals surface area contributed by atoms with Crippen LogP contribution in [0.4, 0.5) is 15.8 Å². The van der Waals surface area contributed by atoms with E-state index in [0.717, 1.165) is 29.3 Å². The number of benzene rings is 2. The minimum atomic E-state index is -3.90. The van der Waals surface area contributed by atoms with Crippen LogP contribution in [0.5, 0.6) is 0 Å². The van der Waals surface area contributed by atoms with Crippen LogP contribution < -0.4 is 15.4 Å². The molecule has 1 heterocycles. The van der Waals surface area contributed by atoms with Gasteiger partial charge in [-0.25, -0.2) is 12.8 Å². The third kappa shape index (κ3) is 3.10. The monoisotopic (exact) mass is 349 g/mol. The van der Waals surface area contributed by atoms with Gasteiger partial charge in [0.05, 0.1) is 5.69 Å². The number of nitrogens with one attached hydrogen (secondary N) is 3. The molecule has 8 heteroatoms. The Morgan fingerprint density at radius 2 is 1.92 bits per heavy atom. The molecule has 0 aliphatic carbocycles. The fourth-order valence-corrected chi connectivity index (χ4v) is 3.79. The molecule has 3 rings (SSSR count). The van der Waals surface area contributed by atoms with Crippen molar-refractivity contribution in [3.05, 3.63) is 53.3 Å². The van der Waals surface area contributed by atoms with Gasteiger partial charge in [-0.3, -0.25) is 4.79 Å². The van der Waals surface area contributed by atoms with E-state index >= 15 is 0 Å². The molecule has 6 nitrogen and oxygen atoms in total. The van der Waals surface area contributed by atoms with Crippen molar-refractivity contribution in [3.63, 3.8) is 0 Å². The van der Waals surface area contributed by atoms with Gasteiger partial charge in [0.15, 0.2) is 6.17 Å². The van der Waals surface area contributed by atoms with Gasteiger partial charge in [0.2, 0.25) is 10.0 Å². The summed E-state index contributed by atoms with van der Waals surface area (Å²) in [4.78, 5) is 12.3. The van der Waals surface area contributed by atoms with Crippen LogP contribution in [0, 0.1) is 19.7 Å². The highest BCUT2D eigenvalue weighted by molar-refractivity contribution is 7.89. The smallest absolute Gasteiger partial charge is 0.262 e. The Balaban J connectivity index is 1.87. The number of rotatable bonds is 2. The van der Waals surface area contributed by atoms with Gasteiger partial charge in [0, 0.05) is 5.69 Å². The molecule has 0 unspecified atom stereocenters.